The first-order valence-corrected chi connectivity index (χ1v) is 13.0. The van der Waals surface area contributed by atoms with Crippen molar-refractivity contribution in [2.75, 3.05) is 23.8 Å². The van der Waals surface area contributed by atoms with Gasteiger partial charge in [0.1, 0.15) is 0 Å². The fourth-order valence-electron chi connectivity index (χ4n) is 4.27. The first kappa shape index (κ1) is 23.5. The van der Waals surface area contributed by atoms with Crippen LogP contribution in [-0.4, -0.2) is 35.1 Å². The SMILES string of the molecule is COC(=O)C1=NN(c2cccc(C)c2)[C@]2(S1)S/C(=C\c1ccc3c(c1)OCO3)C(=O)N2c1ccccc1. The number of ether oxygens (including phenoxy) is 3. The second-order valence-electron chi connectivity index (χ2n) is 8.40. The summed E-state index contributed by atoms with van der Waals surface area (Å²) >= 11 is 2.52. The predicted octanol–water partition coefficient (Wildman–Crippen LogP) is 5.20. The number of anilines is 2. The molecule has 0 saturated carbocycles. The smallest absolute Gasteiger partial charge is 0.365 e. The van der Waals surface area contributed by atoms with Crippen molar-refractivity contribution in [1.29, 1.82) is 0 Å². The molecule has 0 bridgehead atoms. The van der Waals surface area contributed by atoms with Crippen molar-refractivity contribution in [1.82, 2.24) is 0 Å². The van der Waals surface area contributed by atoms with Crippen LogP contribution in [0.15, 0.2) is 82.8 Å². The largest absolute Gasteiger partial charge is 0.464 e. The molecule has 0 aromatic heterocycles. The number of hydrogen-bond donors (Lipinski definition) is 0. The van der Waals surface area contributed by atoms with E-state index < -0.39 is 10.3 Å². The lowest BCUT2D eigenvalue weighted by atomic mass is 10.2. The number of methoxy groups -OCH3 is 1. The lowest BCUT2D eigenvalue weighted by Gasteiger charge is -2.38. The fourth-order valence-corrected chi connectivity index (χ4v) is 7.17. The van der Waals surface area contributed by atoms with E-state index in [4.69, 9.17) is 14.2 Å². The van der Waals surface area contributed by atoms with Crippen molar-refractivity contribution in [2.45, 2.75) is 11.3 Å². The molecule has 1 amide bonds. The molecule has 8 nitrogen and oxygen atoms in total. The van der Waals surface area contributed by atoms with Crippen LogP contribution in [0.4, 0.5) is 11.4 Å². The Morgan fingerprint density at radius 1 is 1.00 bits per heavy atom. The van der Waals surface area contributed by atoms with Crippen LogP contribution in [0.3, 0.4) is 0 Å². The highest BCUT2D eigenvalue weighted by Crippen LogP contribution is 2.59. The zero-order valence-corrected chi connectivity index (χ0v) is 21.5. The quantitative estimate of drug-likeness (QED) is 0.336. The first-order valence-electron chi connectivity index (χ1n) is 11.4. The minimum atomic E-state index is -1.13. The van der Waals surface area contributed by atoms with Gasteiger partial charge in [0.05, 0.1) is 17.7 Å². The van der Waals surface area contributed by atoms with E-state index in [1.807, 2.05) is 85.8 Å². The lowest BCUT2D eigenvalue weighted by Crippen LogP contribution is -2.51. The summed E-state index contributed by atoms with van der Waals surface area (Å²) in [5.74, 6) is 0.532. The maximum Gasteiger partial charge on any atom is 0.365 e. The van der Waals surface area contributed by atoms with Gasteiger partial charge < -0.3 is 14.2 Å². The van der Waals surface area contributed by atoms with Gasteiger partial charge in [0.15, 0.2) is 11.5 Å². The number of carbonyl (C=O) groups is 2. The number of rotatable bonds is 4. The average molecular weight is 532 g/mol. The number of nitrogens with zero attached hydrogens (tertiary/aromatic N) is 3. The Bertz CT molecular complexity index is 1480. The second kappa shape index (κ2) is 9.20. The van der Waals surface area contributed by atoms with E-state index in [9.17, 15) is 9.59 Å². The third-order valence-corrected chi connectivity index (χ3v) is 8.64. The molecule has 0 radical (unpaired) electrons. The molecule has 3 aliphatic heterocycles. The van der Waals surface area contributed by atoms with Gasteiger partial charge in [0.2, 0.25) is 16.2 Å². The van der Waals surface area contributed by atoms with Gasteiger partial charge in [-0.15, -0.1) is 0 Å². The molecule has 0 N–H and O–H groups in total. The summed E-state index contributed by atoms with van der Waals surface area (Å²) in [5, 5.41) is 6.56. The van der Waals surface area contributed by atoms with Gasteiger partial charge in [-0.2, -0.15) is 5.10 Å². The number of thioether (sulfide) groups is 2. The zero-order chi connectivity index (χ0) is 25.6. The third kappa shape index (κ3) is 4.02. The molecular formula is C27H21N3O5S2. The molecule has 1 atom stereocenters. The highest BCUT2D eigenvalue weighted by atomic mass is 32.2. The van der Waals surface area contributed by atoms with Gasteiger partial charge in [-0.1, -0.05) is 48.2 Å². The number of benzene rings is 3. The molecule has 3 aromatic rings. The molecule has 10 heteroatoms. The molecule has 6 rings (SSSR count). The van der Waals surface area contributed by atoms with E-state index in [2.05, 4.69) is 5.10 Å². The molecule has 3 aliphatic rings. The number of carbonyl (C=O) groups excluding carboxylic acids is 2. The van der Waals surface area contributed by atoms with Crippen molar-refractivity contribution in [3.05, 3.63) is 88.8 Å². The summed E-state index contributed by atoms with van der Waals surface area (Å²) < 4.78 is 14.8. The van der Waals surface area contributed by atoms with Gasteiger partial charge in [-0.3, -0.25) is 9.69 Å². The fraction of sp³-hybridized carbons (Fsp3) is 0.148. The Morgan fingerprint density at radius 3 is 2.57 bits per heavy atom. The summed E-state index contributed by atoms with van der Waals surface area (Å²) in [6.07, 6.45) is 1.82. The summed E-state index contributed by atoms with van der Waals surface area (Å²) in [4.78, 5) is 28.9. The molecule has 186 valence electrons. The van der Waals surface area contributed by atoms with Crippen LogP contribution in [0.1, 0.15) is 11.1 Å². The van der Waals surface area contributed by atoms with Crippen LogP contribution in [-0.2, 0) is 14.3 Å². The molecule has 0 aliphatic carbocycles. The predicted molar refractivity (Wildman–Crippen MR) is 145 cm³/mol. The summed E-state index contributed by atoms with van der Waals surface area (Å²) in [7, 11) is 1.32. The Morgan fingerprint density at radius 2 is 1.78 bits per heavy atom. The van der Waals surface area contributed by atoms with Crippen LogP contribution in [0.2, 0.25) is 0 Å². The van der Waals surface area contributed by atoms with E-state index in [0.717, 1.165) is 16.8 Å². The van der Waals surface area contributed by atoms with Gasteiger partial charge in [0.25, 0.3) is 5.91 Å². The number of hydrogen-bond acceptors (Lipinski definition) is 9. The third-order valence-electron chi connectivity index (χ3n) is 5.94. The summed E-state index contributed by atoms with van der Waals surface area (Å²) in [6, 6.07) is 22.7. The van der Waals surface area contributed by atoms with Gasteiger partial charge in [0, 0.05) is 5.69 Å². The number of esters is 1. The molecule has 3 heterocycles. The average Bonchev–Trinajstić information content (AvgIpc) is 3.60. The van der Waals surface area contributed by atoms with E-state index in [1.165, 1.54) is 30.6 Å². The summed E-state index contributed by atoms with van der Waals surface area (Å²) in [5.41, 5.74) is 3.25. The number of hydrazone groups is 1. The van der Waals surface area contributed by atoms with Crippen LogP contribution in [0.5, 0.6) is 11.5 Å². The molecule has 37 heavy (non-hydrogen) atoms. The van der Waals surface area contributed by atoms with Gasteiger partial charge in [-0.05, 0) is 72.3 Å². The Hall–Kier alpha value is -3.89. The standard InChI is InChI=1S/C27H21N3O5S2/c1-17-7-6-10-20(13-17)30-27(37-24(28-30)26(32)33-2)29(19-8-4-3-5-9-19)25(31)23(36-27)15-18-11-12-21-22(14-18)35-16-34-21/h3-15H,16H2,1-2H3/b23-15-/t27-/m0/s1. The van der Waals surface area contributed by atoms with E-state index >= 15 is 0 Å². The van der Waals surface area contributed by atoms with Crippen molar-refractivity contribution in [3.63, 3.8) is 0 Å². The molecule has 0 unspecified atom stereocenters. The zero-order valence-electron chi connectivity index (χ0n) is 19.9. The number of aryl methyl sites for hydroxylation is 1. The molecule has 3 aromatic carbocycles. The Labute approximate surface area is 221 Å². The van der Waals surface area contributed by atoms with Gasteiger partial charge in [-0.25, -0.2) is 9.80 Å². The molecule has 1 fully saturated rings. The van der Waals surface area contributed by atoms with E-state index in [-0.39, 0.29) is 17.7 Å². The molecule has 1 saturated heterocycles. The Balaban J connectivity index is 1.50. The van der Waals surface area contributed by atoms with Crippen molar-refractivity contribution in [3.8, 4) is 11.5 Å². The van der Waals surface area contributed by atoms with Crippen LogP contribution in [0, 0.1) is 6.92 Å². The van der Waals surface area contributed by atoms with Crippen LogP contribution >= 0.6 is 23.5 Å². The highest BCUT2D eigenvalue weighted by molar-refractivity contribution is 8.29. The van der Waals surface area contributed by atoms with Crippen molar-refractivity contribution in [2.24, 2.45) is 5.10 Å². The number of para-hydroxylation sites is 1. The minimum Gasteiger partial charge on any atom is -0.464 e. The van der Waals surface area contributed by atoms with Crippen molar-refractivity contribution >= 4 is 57.9 Å². The molecular weight excluding hydrogens is 510 g/mol. The van der Waals surface area contributed by atoms with Crippen molar-refractivity contribution < 1.29 is 23.8 Å². The normalized spacial score (nSPS) is 21.2. The van der Waals surface area contributed by atoms with Crippen LogP contribution in [0.25, 0.3) is 6.08 Å². The minimum absolute atomic E-state index is 0.162. The van der Waals surface area contributed by atoms with E-state index in [1.54, 1.807) is 9.91 Å². The second-order valence-corrected chi connectivity index (χ2v) is 11.0. The molecule has 1 spiro atoms. The number of fused-ring (bicyclic) bond motifs is 1. The Kier molecular flexibility index (Phi) is 5.85. The maximum absolute atomic E-state index is 14.1. The lowest BCUT2D eigenvalue weighted by molar-refractivity contribution is -0.132. The topological polar surface area (TPSA) is 80.7 Å². The first-order chi connectivity index (χ1) is 18.0. The summed E-state index contributed by atoms with van der Waals surface area (Å²) in [6.45, 7) is 2.15. The van der Waals surface area contributed by atoms with Crippen LogP contribution < -0.4 is 19.4 Å². The van der Waals surface area contributed by atoms with Gasteiger partial charge >= 0.3 is 5.97 Å². The number of amides is 1. The monoisotopic (exact) mass is 531 g/mol. The highest BCUT2D eigenvalue weighted by Gasteiger charge is 2.60. The van der Waals surface area contributed by atoms with E-state index in [0.29, 0.717) is 22.1 Å². The maximum atomic E-state index is 14.1.